The Morgan fingerprint density at radius 2 is 2.00 bits per heavy atom. The molecule has 168 valence electrons. The van der Waals surface area contributed by atoms with Crippen molar-refractivity contribution in [1.82, 2.24) is 20.1 Å². The van der Waals surface area contributed by atoms with Gasteiger partial charge in [0.15, 0.2) is 0 Å². The Hall–Kier alpha value is -2.90. The summed E-state index contributed by atoms with van der Waals surface area (Å²) in [6, 6.07) is 11.5. The number of aromatic nitrogens is 1. The van der Waals surface area contributed by atoms with Gasteiger partial charge >= 0.3 is 6.03 Å². The molecule has 0 spiro atoms. The third-order valence-electron chi connectivity index (χ3n) is 6.13. The highest BCUT2D eigenvalue weighted by atomic mass is 35.5. The average Bonchev–Trinajstić information content (AvgIpc) is 2.81. The van der Waals surface area contributed by atoms with E-state index in [-0.39, 0.29) is 12.1 Å². The molecule has 1 atom stereocenters. The van der Waals surface area contributed by atoms with Crippen LogP contribution in [0.1, 0.15) is 30.4 Å². The number of benzene rings is 1. The first-order valence-electron chi connectivity index (χ1n) is 11.0. The van der Waals surface area contributed by atoms with Gasteiger partial charge in [0, 0.05) is 72.1 Å². The van der Waals surface area contributed by atoms with Crippen molar-refractivity contribution in [2.75, 3.05) is 26.2 Å². The summed E-state index contributed by atoms with van der Waals surface area (Å²) in [5.74, 6) is 0. The van der Waals surface area contributed by atoms with E-state index in [2.05, 4.69) is 15.2 Å². The van der Waals surface area contributed by atoms with Crippen molar-refractivity contribution in [1.29, 1.82) is 5.41 Å². The van der Waals surface area contributed by atoms with Gasteiger partial charge in [-0.25, -0.2) is 4.79 Å². The third-order valence-corrected chi connectivity index (χ3v) is 6.50. The van der Waals surface area contributed by atoms with Crippen LogP contribution in [0.4, 0.5) is 4.79 Å². The number of nitrogens with zero attached hydrogens (tertiary/aromatic N) is 3. The predicted octanol–water partition coefficient (Wildman–Crippen LogP) is 3.50. The Bertz CT molecular complexity index is 1010. The molecule has 1 aromatic carbocycles. The Morgan fingerprint density at radius 1 is 1.22 bits per heavy atom. The van der Waals surface area contributed by atoms with Crippen LogP contribution in [0.15, 0.2) is 54.4 Å². The van der Waals surface area contributed by atoms with Gasteiger partial charge in [0.1, 0.15) is 0 Å². The lowest BCUT2D eigenvalue weighted by molar-refractivity contribution is 0.165. The maximum absolute atomic E-state index is 13.0. The second-order valence-electron chi connectivity index (χ2n) is 8.39. The molecule has 2 fully saturated rings. The van der Waals surface area contributed by atoms with E-state index in [1.807, 2.05) is 36.4 Å². The Labute approximate surface area is 193 Å². The largest absolute Gasteiger partial charge is 0.398 e. The quantitative estimate of drug-likeness (QED) is 0.661. The lowest BCUT2D eigenvalue weighted by atomic mass is 9.97. The van der Waals surface area contributed by atoms with Crippen molar-refractivity contribution in [3.05, 3.63) is 70.5 Å². The molecule has 2 aliphatic heterocycles. The number of rotatable bonds is 4. The normalized spacial score (nSPS) is 21.3. The van der Waals surface area contributed by atoms with Crippen LogP contribution in [0.3, 0.4) is 0 Å². The van der Waals surface area contributed by atoms with Crippen LogP contribution in [0.2, 0.25) is 5.02 Å². The molecule has 2 amide bonds. The van der Waals surface area contributed by atoms with Crippen molar-refractivity contribution in [3.8, 4) is 0 Å². The Kier molecular flexibility index (Phi) is 7.07. The van der Waals surface area contributed by atoms with Crippen LogP contribution in [0.25, 0.3) is 5.70 Å². The fraction of sp³-hybridized carbons (Fsp3) is 0.375. The summed E-state index contributed by atoms with van der Waals surface area (Å²) in [7, 11) is 0. The van der Waals surface area contributed by atoms with Gasteiger partial charge in [0.2, 0.25) is 0 Å². The van der Waals surface area contributed by atoms with Gasteiger partial charge in [0.25, 0.3) is 0 Å². The highest BCUT2D eigenvalue weighted by molar-refractivity contribution is 6.31. The summed E-state index contributed by atoms with van der Waals surface area (Å²) in [6.45, 7) is 3.43. The summed E-state index contributed by atoms with van der Waals surface area (Å²) in [5, 5.41) is 12.3. The molecule has 32 heavy (non-hydrogen) atoms. The minimum absolute atomic E-state index is 0.0880. The van der Waals surface area contributed by atoms with Crippen molar-refractivity contribution >= 4 is 29.0 Å². The molecular weight excluding hydrogens is 424 g/mol. The van der Waals surface area contributed by atoms with Gasteiger partial charge in [0.05, 0.1) is 6.54 Å². The van der Waals surface area contributed by atoms with Crippen molar-refractivity contribution in [2.45, 2.75) is 31.8 Å². The lowest BCUT2D eigenvalue weighted by Crippen LogP contribution is -2.53. The number of carbonyl (C=O) groups is 1. The Morgan fingerprint density at radius 3 is 2.78 bits per heavy atom. The fourth-order valence-corrected chi connectivity index (χ4v) is 4.54. The molecule has 0 unspecified atom stereocenters. The van der Waals surface area contributed by atoms with E-state index >= 15 is 0 Å². The number of nitrogens with two attached hydrogens (primary N) is 1. The van der Waals surface area contributed by atoms with E-state index in [1.54, 1.807) is 17.3 Å². The zero-order valence-electron chi connectivity index (χ0n) is 18.1. The molecule has 3 heterocycles. The number of hydrogen-bond donors (Lipinski definition) is 3. The second kappa shape index (κ2) is 10.1. The Balaban J connectivity index is 1.38. The first-order valence-corrected chi connectivity index (χ1v) is 11.4. The van der Waals surface area contributed by atoms with Crippen LogP contribution in [0.5, 0.6) is 0 Å². The standard InChI is InChI=1S/C24H29ClN6O/c25-21-6-2-1-4-18(21)14-30-12-3-5-19(15-30)29-24(32)31-13-9-22(26)20(16-31)23(27)17-7-10-28-11-8-17/h1-2,4,6-8,10-11,19,26H,3,5,9,12-16,27H2,(H,29,32)/t19-/m1/s1. The average molecular weight is 453 g/mol. The number of nitrogens with one attached hydrogen (secondary N) is 2. The van der Waals surface area contributed by atoms with E-state index in [1.165, 1.54) is 0 Å². The number of piperidine rings is 2. The number of pyridine rings is 1. The highest BCUT2D eigenvalue weighted by Crippen LogP contribution is 2.22. The molecule has 2 aliphatic rings. The van der Waals surface area contributed by atoms with Gasteiger partial charge in [-0.1, -0.05) is 29.8 Å². The van der Waals surface area contributed by atoms with Crippen molar-refractivity contribution in [3.63, 3.8) is 0 Å². The molecule has 4 N–H and O–H groups in total. The second-order valence-corrected chi connectivity index (χ2v) is 8.80. The molecule has 0 aliphatic carbocycles. The van der Waals surface area contributed by atoms with Gasteiger partial charge in [-0.05, 0) is 43.1 Å². The van der Waals surface area contributed by atoms with Crippen LogP contribution < -0.4 is 11.1 Å². The van der Waals surface area contributed by atoms with E-state index in [0.29, 0.717) is 36.5 Å². The molecule has 0 saturated carbocycles. The molecular formula is C24H29ClN6O. The van der Waals surface area contributed by atoms with Crippen LogP contribution >= 0.6 is 11.6 Å². The predicted molar refractivity (Wildman–Crippen MR) is 128 cm³/mol. The first kappa shape index (κ1) is 22.3. The summed E-state index contributed by atoms with van der Waals surface area (Å²) >= 11 is 6.32. The summed E-state index contributed by atoms with van der Waals surface area (Å²) in [6.07, 6.45) is 5.84. The van der Waals surface area contributed by atoms with Crippen LogP contribution in [-0.2, 0) is 6.54 Å². The van der Waals surface area contributed by atoms with E-state index in [4.69, 9.17) is 22.7 Å². The van der Waals surface area contributed by atoms with Gasteiger partial charge < -0.3 is 21.4 Å². The van der Waals surface area contributed by atoms with Crippen LogP contribution in [0, 0.1) is 5.41 Å². The van der Waals surface area contributed by atoms with Gasteiger partial charge in [-0.2, -0.15) is 0 Å². The SMILES string of the molecule is N=C1CCN(C(=O)N[C@@H]2CCCN(Cc3ccccc3Cl)C2)CC1=C(N)c1ccncc1. The van der Waals surface area contributed by atoms with Crippen LogP contribution in [-0.4, -0.2) is 58.7 Å². The monoisotopic (exact) mass is 452 g/mol. The number of amides is 2. The van der Waals surface area contributed by atoms with Crippen molar-refractivity contribution < 1.29 is 4.79 Å². The van der Waals surface area contributed by atoms with E-state index < -0.39 is 0 Å². The molecule has 7 nitrogen and oxygen atoms in total. The smallest absolute Gasteiger partial charge is 0.317 e. The number of hydrogen-bond acceptors (Lipinski definition) is 5. The molecule has 4 rings (SSSR count). The van der Waals surface area contributed by atoms with Crippen molar-refractivity contribution in [2.24, 2.45) is 5.73 Å². The summed E-state index contributed by atoms with van der Waals surface area (Å²) < 4.78 is 0. The van der Waals surface area contributed by atoms with Gasteiger partial charge in [-0.3, -0.25) is 9.88 Å². The minimum Gasteiger partial charge on any atom is -0.398 e. The van der Waals surface area contributed by atoms with E-state index in [9.17, 15) is 4.79 Å². The van der Waals surface area contributed by atoms with Gasteiger partial charge in [-0.15, -0.1) is 0 Å². The lowest BCUT2D eigenvalue weighted by Gasteiger charge is -2.36. The molecule has 8 heteroatoms. The zero-order valence-corrected chi connectivity index (χ0v) is 18.8. The highest BCUT2D eigenvalue weighted by Gasteiger charge is 2.28. The number of likely N-dealkylation sites (tertiary alicyclic amines) is 2. The molecule has 2 aromatic rings. The van der Waals surface area contributed by atoms with E-state index in [0.717, 1.165) is 48.6 Å². The molecule has 0 radical (unpaired) electrons. The number of urea groups is 1. The summed E-state index contributed by atoms with van der Waals surface area (Å²) in [4.78, 5) is 21.1. The molecule has 0 bridgehead atoms. The minimum atomic E-state index is -0.0953. The third kappa shape index (κ3) is 5.29. The molecule has 1 aromatic heterocycles. The number of halogens is 1. The zero-order chi connectivity index (χ0) is 22.5. The first-order chi connectivity index (χ1) is 15.5. The topological polar surface area (TPSA) is 98.3 Å². The molecule has 2 saturated heterocycles. The maximum Gasteiger partial charge on any atom is 0.317 e. The summed E-state index contributed by atoms with van der Waals surface area (Å²) in [5.41, 5.74) is 10.0. The maximum atomic E-state index is 13.0. The number of carbonyl (C=O) groups excluding carboxylic acids is 1. The fourth-order valence-electron chi connectivity index (χ4n) is 4.34.